The van der Waals surface area contributed by atoms with E-state index in [4.69, 9.17) is 10.5 Å². The molecule has 0 spiro atoms. The molecule has 0 aromatic heterocycles. The highest BCUT2D eigenvalue weighted by molar-refractivity contribution is 5.95. The molecule has 1 heterocycles. The van der Waals surface area contributed by atoms with Gasteiger partial charge in [0.1, 0.15) is 5.82 Å². The van der Waals surface area contributed by atoms with Gasteiger partial charge in [-0.25, -0.2) is 4.39 Å². The largest absolute Gasteiger partial charge is 0.378 e. The highest BCUT2D eigenvalue weighted by Gasteiger charge is 2.14. The molecule has 120 valence electrons. The van der Waals surface area contributed by atoms with Gasteiger partial charge in [-0.3, -0.25) is 9.59 Å². The van der Waals surface area contributed by atoms with Crippen LogP contribution in [0.25, 0.3) is 0 Å². The van der Waals surface area contributed by atoms with Gasteiger partial charge >= 0.3 is 0 Å². The number of halogens is 1. The Bertz CT molecular complexity index is 547. The van der Waals surface area contributed by atoms with Crippen LogP contribution in [0.3, 0.4) is 0 Å². The summed E-state index contributed by atoms with van der Waals surface area (Å²) in [6, 6.07) is 4.33. The zero-order chi connectivity index (χ0) is 15.9. The third kappa shape index (κ3) is 4.68. The molecule has 2 amide bonds. The van der Waals surface area contributed by atoms with Crippen LogP contribution in [-0.4, -0.2) is 51.2 Å². The smallest absolute Gasteiger partial charge is 0.243 e. The van der Waals surface area contributed by atoms with E-state index in [-0.39, 0.29) is 13.1 Å². The summed E-state index contributed by atoms with van der Waals surface area (Å²) in [5.41, 5.74) is 6.15. The van der Waals surface area contributed by atoms with Gasteiger partial charge in [-0.2, -0.15) is 0 Å². The number of ether oxygens (including phenoxy) is 1. The van der Waals surface area contributed by atoms with Crippen molar-refractivity contribution in [1.29, 1.82) is 0 Å². The summed E-state index contributed by atoms with van der Waals surface area (Å²) in [7, 11) is 0. The summed E-state index contributed by atoms with van der Waals surface area (Å²) in [6.45, 7) is 2.12. The minimum atomic E-state index is -0.444. The highest BCUT2D eigenvalue weighted by Crippen LogP contribution is 2.22. The molecule has 0 atom stereocenters. The van der Waals surface area contributed by atoms with Crippen molar-refractivity contribution < 1.29 is 18.7 Å². The molecule has 0 saturated carbocycles. The summed E-state index contributed by atoms with van der Waals surface area (Å²) in [4.78, 5) is 24.7. The topological polar surface area (TPSA) is 96.7 Å². The van der Waals surface area contributed by atoms with Crippen molar-refractivity contribution in [3.8, 4) is 0 Å². The molecule has 22 heavy (non-hydrogen) atoms. The molecule has 0 bridgehead atoms. The minimum absolute atomic E-state index is 0.186. The third-order valence-electron chi connectivity index (χ3n) is 3.17. The molecule has 1 aromatic carbocycles. The van der Waals surface area contributed by atoms with Crippen molar-refractivity contribution in [3.05, 3.63) is 24.0 Å². The van der Waals surface area contributed by atoms with Gasteiger partial charge in [0.25, 0.3) is 0 Å². The number of rotatable bonds is 5. The minimum Gasteiger partial charge on any atom is -0.378 e. The summed E-state index contributed by atoms with van der Waals surface area (Å²) < 4.78 is 19.0. The van der Waals surface area contributed by atoms with Gasteiger partial charge in [-0.15, -0.1) is 0 Å². The molecule has 0 aliphatic carbocycles. The van der Waals surface area contributed by atoms with Crippen LogP contribution >= 0.6 is 0 Å². The molecule has 0 radical (unpaired) electrons. The fourth-order valence-electron chi connectivity index (χ4n) is 2.11. The van der Waals surface area contributed by atoms with Crippen molar-refractivity contribution in [1.82, 2.24) is 5.32 Å². The van der Waals surface area contributed by atoms with Gasteiger partial charge in [-0.05, 0) is 18.2 Å². The summed E-state index contributed by atoms with van der Waals surface area (Å²) in [6.07, 6.45) is 0. The lowest BCUT2D eigenvalue weighted by atomic mass is 10.2. The van der Waals surface area contributed by atoms with Crippen molar-refractivity contribution >= 4 is 23.2 Å². The van der Waals surface area contributed by atoms with Gasteiger partial charge in [0.15, 0.2) is 0 Å². The van der Waals surface area contributed by atoms with E-state index in [2.05, 4.69) is 10.6 Å². The van der Waals surface area contributed by atoms with E-state index in [0.717, 1.165) is 0 Å². The van der Waals surface area contributed by atoms with Gasteiger partial charge < -0.3 is 26.0 Å². The second-order valence-corrected chi connectivity index (χ2v) is 4.83. The van der Waals surface area contributed by atoms with Crippen molar-refractivity contribution in [2.75, 3.05) is 49.6 Å². The lowest BCUT2D eigenvalue weighted by Crippen LogP contribution is -2.37. The maximum absolute atomic E-state index is 13.7. The first-order valence-electron chi connectivity index (χ1n) is 6.98. The van der Waals surface area contributed by atoms with E-state index < -0.39 is 17.6 Å². The number of carbonyl (C=O) groups is 2. The van der Waals surface area contributed by atoms with Crippen LogP contribution in [0, 0.1) is 5.82 Å². The van der Waals surface area contributed by atoms with Crippen molar-refractivity contribution in [3.63, 3.8) is 0 Å². The molecule has 1 fully saturated rings. The van der Waals surface area contributed by atoms with Crippen LogP contribution in [0.5, 0.6) is 0 Å². The van der Waals surface area contributed by atoms with Gasteiger partial charge in [0, 0.05) is 24.5 Å². The molecular weight excluding hydrogens is 291 g/mol. The first kappa shape index (κ1) is 16.2. The van der Waals surface area contributed by atoms with Crippen LogP contribution in [0.1, 0.15) is 0 Å². The average molecular weight is 310 g/mol. The molecule has 8 heteroatoms. The molecule has 2 rings (SSSR count). The van der Waals surface area contributed by atoms with Crippen molar-refractivity contribution in [2.24, 2.45) is 5.73 Å². The van der Waals surface area contributed by atoms with Crippen LogP contribution in [-0.2, 0) is 14.3 Å². The number of nitrogens with one attached hydrogen (secondary N) is 2. The number of hydrogen-bond donors (Lipinski definition) is 3. The summed E-state index contributed by atoms with van der Waals surface area (Å²) in [5, 5.41) is 4.90. The lowest BCUT2D eigenvalue weighted by Gasteiger charge is -2.29. The number of morpholine rings is 1. The van der Waals surface area contributed by atoms with Crippen molar-refractivity contribution in [2.45, 2.75) is 0 Å². The van der Waals surface area contributed by atoms with Crippen LogP contribution in [0.15, 0.2) is 18.2 Å². The Morgan fingerprint density at radius 2 is 1.95 bits per heavy atom. The Balaban J connectivity index is 1.99. The van der Waals surface area contributed by atoms with Gasteiger partial charge in [0.2, 0.25) is 11.8 Å². The zero-order valence-corrected chi connectivity index (χ0v) is 12.1. The molecule has 1 saturated heterocycles. The number of nitrogens with two attached hydrogens (primary N) is 1. The quantitative estimate of drug-likeness (QED) is 0.692. The predicted octanol–water partition coefficient (Wildman–Crippen LogP) is -0.324. The zero-order valence-electron chi connectivity index (χ0n) is 12.1. The highest BCUT2D eigenvalue weighted by atomic mass is 19.1. The number of nitrogens with zero attached hydrogens (tertiary/aromatic N) is 1. The maximum Gasteiger partial charge on any atom is 0.243 e. The summed E-state index contributed by atoms with van der Waals surface area (Å²) in [5.74, 6) is -1.31. The molecule has 4 N–H and O–H groups in total. The number of amides is 2. The van der Waals surface area contributed by atoms with E-state index >= 15 is 0 Å². The molecule has 0 unspecified atom stereocenters. The second-order valence-electron chi connectivity index (χ2n) is 4.83. The van der Waals surface area contributed by atoms with E-state index in [1.807, 2.05) is 4.90 Å². The first-order chi connectivity index (χ1) is 10.6. The molecule has 1 aliphatic heterocycles. The van der Waals surface area contributed by atoms with Crippen LogP contribution < -0.4 is 21.3 Å². The first-order valence-corrected chi connectivity index (χ1v) is 6.98. The van der Waals surface area contributed by atoms with E-state index in [1.54, 1.807) is 6.07 Å². The van der Waals surface area contributed by atoms with Gasteiger partial charge in [-0.1, -0.05) is 0 Å². The number of carbonyl (C=O) groups excluding carboxylic acids is 2. The second kappa shape index (κ2) is 7.71. The molecule has 1 aliphatic rings. The van der Waals surface area contributed by atoms with E-state index in [1.165, 1.54) is 12.1 Å². The van der Waals surface area contributed by atoms with E-state index in [9.17, 15) is 14.0 Å². The number of hydrogen-bond acceptors (Lipinski definition) is 5. The third-order valence-corrected chi connectivity index (χ3v) is 3.17. The van der Waals surface area contributed by atoms with E-state index in [0.29, 0.717) is 37.7 Å². The Kier molecular flexibility index (Phi) is 5.68. The average Bonchev–Trinajstić information content (AvgIpc) is 2.53. The Hall–Kier alpha value is -2.19. The monoisotopic (exact) mass is 310 g/mol. The molecule has 1 aromatic rings. The molecule has 7 nitrogen and oxygen atoms in total. The lowest BCUT2D eigenvalue weighted by molar-refractivity contribution is -0.123. The normalized spacial score (nSPS) is 14.5. The Morgan fingerprint density at radius 3 is 2.64 bits per heavy atom. The Labute approximate surface area is 127 Å². The summed E-state index contributed by atoms with van der Waals surface area (Å²) >= 11 is 0. The Morgan fingerprint density at radius 1 is 1.23 bits per heavy atom. The molecular formula is C14H19FN4O3. The van der Waals surface area contributed by atoms with Gasteiger partial charge in [0.05, 0.1) is 26.3 Å². The van der Waals surface area contributed by atoms with Crippen LogP contribution in [0.4, 0.5) is 15.8 Å². The fourth-order valence-corrected chi connectivity index (χ4v) is 2.11. The fraction of sp³-hybridized carbons (Fsp3) is 0.429. The number of benzene rings is 1. The predicted molar refractivity (Wildman–Crippen MR) is 80.1 cm³/mol. The number of anilines is 2. The SMILES string of the molecule is NCC(=O)NCC(=O)Nc1cc(F)cc(N2CCOCC2)c1. The standard InChI is InChI=1S/C14H19FN4O3/c15-10-5-11(18-14(21)9-17-13(20)8-16)7-12(6-10)19-1-3-22-4-2-19/h5-7H,1-4,8-9,16H2,(H,17,20)(H,18,21). The maximum atomic E-state index is 13.7. The van der Waals surface area contributed by atoms with Crippen LogP contribution in [0.2, 0.25) is 0 Å².